The molecule has 2 aromatic carbocycles. The third kappa shape index (κ3) is 2.69. The average Bonchev–Trinajstić information content (AvgIpc) is 2.48. The second-order valence-electron chi connectivity index (χ2n) is 4.39. The summed E-state index contributed by atoms with van der Waals surface area (Å²) in [5.74, 6) is 0. The maximum Gasteiger partial charge on any atom is 0.0595 e. The Bertz CT molecular complexity index is 754. The van der Waals surface area contributed by atoms with Gasteiger partial charge < -0.3 is 5.32 Å². The monoisotopic (exact) mass is 303 g/mol. The molecule has 100 valence electrons. The number of rotatable bonds is 3. The lowest BCUT2D eigenvalue weighted by Crippen LogP contribution is -2.01. The van der Waals surface area contributed by atoms with Crippen LogP contribution in [-0.4, -0.2) is 10.2 Å². The molecule has 1 heterocycles. The summed E-state index contributed by atoms with van der Waals surface area (Å²) >= 11 is 12.1. The molecular formula is C15H11Cl2N3. The zero-order chi connectivity index (χ0) is 13.9. The number of anilines is 1. The lowest BCUT2D eigenvalue weighted by Gasteiger charge is -2.10. The Hall–Kier alpha value is -1.84. The summed E-state index contributed by atoms with van der Waals surface area (Å²) in [7, 11) is 0. The highest BCUT2D eigenvalue weighted by atomic mass is 35.5. The van der Waals surface area contributed by atoms with Gasteiger partial charge in [0.2, 0.25) is 0 Å². The van der Waals surface area contributed by atoms with Crippen molar-refractivity contribution in [2.75, 3.05) is 5.32 Å². The van der Waals surface area contributed by atoms with Gasteiger partial charge >= 0.3 is 0 Å². The molecule has 0 bridgehead atoms. The van der Waals surface area contributed by atoms with Crippen LogP contribution in [0.25, 0.3) is 10.8 Å². The van der Waals surface area contributed by atoms with E-state index in [0.29, 0.717) is 16.6 Å². The molecule has 0 aliphatic rings. The second kappa shape index (κ2) is 5.65. The van der Waals surface area contributed by atoms with Crippen LogP contribution in [-0.2, 0) is 6.54 Å². The van der Waals surface area contributed by atoms with E-state index in [1.807, 2.05) is 24.3 Å². The maximum absolute atomic E-state index is 6.16. The van der Waals surface area contributed by atoms with Gasteiger partial charge in [-0.15, -0.1) is 0 Å². The van der Waals surface area contributed by atoms with E-state index in [-0.39, 0.29) is 0 Å². The Morgan fingerprint density at radius 1 is 1.00 bits per heavy atom. The molecule has 1 aromatic heterocycles. The Balaban J connectivity index is 1.89. The van der Waals surface area contributed by atoms with Crippen molar-refractivity contribution < 1.29 is 0 Å². The zero-order valence-electron chi connectivity index (χ0n) is 10.5. The fraction of sp³-hybridized carbons (Fsp3) is 0.0667. The minimum absolute atomic E-state index is 0.598. The Kier molecular flexibility index (Phi) is 3.72. The van der Waals surface area contributed by atoms with E-state index in [4.69, 9.17) is 23.2 Å². The smallest absolute Gasteiger partial charge is 0.0595 e. The minimum Gasteiger partial charge on any atom is -0.380 e. The first kappa shape index (κ1) is 13.2. The number of benzene rings is 2. The van der Waals surface area contributed by atoms with Crippen molar-refractivity contribution >= 4 is 39.7 Å². The van der Waals surface area contributed by atoms with Gasteiger partial charge in [-0.2, -0.15) is 10.2 Å². The molecule has 1 N–H and O–H groups in total. The predicted octanol–water partition coefficient (Wildman–Crippen LogP) is 4.55. The van der Waals surface area contributed by atoms with E-state index in [9.17, 15) is 0 Å². The fourth-order valence-electron chi connectivity index (χ4n) is 2.05. The molecule has 0 atom stereocenters. The minimum atomic E-state index is 0.598. The molecule has 0 saturated heterocycles. The highest BCUT2D eigenvalue weighted by Crippen LogP contribution is 2.25. The van der Waals surface area contributed by atoms with Crippen LogP contribution >= 0.6 is 23.2 Å². The molecule has 0 aliphatic carbocycles. The Morgan fingerprint density at radius 3 is 2.75 bits per heavy atom. The Morgan fingerprint density at radius 2 is 1.85 bits per heavy atom. The van der Waals surface area contributed by atoms with Crippen LogP contribution in [0.4, 0.5) is 5.69 Å². The summed E-state index contributed by atoms with van der Waals surface area (Å²) in [6.07, 6.45) is 3.49. The van der Waals surface area contributed by atoms with Crippen LogP contribution in [0.15, 0.2) is 48.8 Å². The summed E-state index contributed by atoms with van der Waals surface area (Å²) in [6.45, 7) is 0.598. The van der Waals surface area contributed by atoms with Crippen LogP contribution in [0.5, 0.6) is 0 Å². The van der Waals surface area contributed by atoms with Crippen molar-refractivity contribution in [1.82, 2.24) is 10.2 Å². The van der Waals surface area contributed by atoms with Crippen molar-refractivity contribution in [2.45, 2.75) is 6.54 Å². The van der Waals surface area contributed by atoms with Gasteiger partial charge in [0.15, 0.2) is 0 Å². The molecule has 0 unspecified atom stereocenters. The second-order valence-corrected chi connectivity index (χ2v) is 5.23. The lowest BCUT2D eigenvalue weighted by atomic mass is 10.1. The largest absolute Gasteiger partial charge is 0.380 e. The van der Waals surface area contributed by atoms with Crippen LogP contribution in [0.3, 0.4) is 0 Å². The highest BCUT2D eigenvalue weighted by Gasteiger charge is 2.04. The van der Waals surface area contributed by atoms with Gasteiger partial charge in [-0.25, -0.2) is 0 Å². The number of hydrogen-bond donors (Lipinski definition) is 1. The van der Waals surface area contributed by atoms with Crippen LogP contribution in [0, 0.1) is 0 Å². The topological polar surface area (TPSA) is 37.8 Å². The molecule has 3 aromatic rings. The van der Waals surface area contributed by atoms with E-state index in [1.165, 1.54) is 0 Å². The number of halogens is 2. The van der Waals surface area contributed by atoms with E-state index >= 15 is 0 Å². The van der Waals surface area contributed by atoms with E-state index in [1.54, 1.807) is 24.5 Å². The van der Waals surface area contributed by atoms with Crippen LogP contribution in [0.2, 0.25) is 10.0 Å². The SMILES string of the molecule is Clc1ccc(Cl)c(CNc2cccc3cnncc23)c1. The summed E-state index contributed by atoms with van der Waals surface area (Å²) in [5, 5.41) is 14.6. The molecule has 0 amide bonds. The van der Waals surface area contributed by atoms with Crippen molar-refractivity contribution in [3.05, 3.63) is 64.4 Å². The zero-order valence-corrected chi connectivity index (χ0v) is 12.0. The van der Waals surface area contributed by atoms with Gasteiger partial charge in [0.05, 0.1) is 12.4 Å². The van der Waals surface area contributed by atoms with Crippen molar-refractivity contribution in [2.24, 2.45) is 0 Å². The number of hydrogen-bond acceptors (Lipinski definition) is 3. The standard InChI is InChI=1S/C15H11Cl2N3/c16-12-4-5-14(17)11(6-12)7-18-15-3-1-2-10-8-19-20-9-13(10)15/h1-6,8-9,18H,7H2. The Labute approximate surface area is 126 Å². The van der Waals surface area contributed by atoms with Gasteiger partial charge in [-0.05, 0) is 29.8 Å². The molecule has 0 saturated carbocycles. The number of fused-ring (bicyclic) bond motifs is 1. The third-order valence-electron chi connectivity index (χ3n) is 3.07. The summed E-state index contributed by atoms with van der Waals surface area (Å²) < 4.78 is 0. The van der Waals surface area contributed by atoms with E-state index in [2.05, 4.69) is 15.5 Å². The van der Waals surface area contributed by atoms with Crippen LogP contribution in [0.1, 0.15) is 5.56 Å². The molecule has 0 spiro atoms. The van der Waals surface area contributed by atoms with Gasteiger partial charge in [-0.3, -0.25) is 0 Å². The molecule has 0 fully saturated rings. The first-order chi connectivity index (χ1) is 9.74. The van der Waals surface area contributed by atoms with E-state index < -0.39 is 0 Å². The molecule has 3 nitrogen and oxygen atoms in total. The van der Waals surface area contributed by atoms with Crippen molar-refractivity contribution in [1.29, 1.82) is 0 Å². The van der Waals surface area contributed by atoms with Gasteiger partial charge in [0, 0.05) is 33.0 Å². The van der Waals surface area contributed by atoms with Crippen LogP contribution < -0.4 is 5.32 Å². The predicted molar refractivity (Wildman–Crippen MR) is 83.3 cm³/mol. The molecule has 20 heavy (non-hydrogen) atoms. The average molecular weight is 304 g/mol. The third-order valence-corrected chi connectivity index (χ3v) is 3.67. The quantitative estimate of drug-likeness (QED) is 0.771. The van der Waals surface area contributed by atoms with Crippen molar-refractivity contribution in [3.63, 3.8) is 0 Å². The normalized spacial score (nSPS) is 10.7. The first-order valence-corrected chi connectivity index (χ1v) is 6.87. The fourth-order valence-corrected chi connectivity index (χ4v) is 2.43. The first-order valence-electron chi connectivity index (χ1n) is 6.11. The summed E-state index contributed by atoms with van der Waals surface area (Å²) in [4.78, 5) is 0. The summed E-state index contributed by atoms with van der Waals surface area (Å²) in [6, 6.07) is 11.4. The number of nitrogens with one attached hydrogen (secondary N) is 1. The van der Waals surface area contributed by atoms with Gasteiger partial charge in [0.1, 0.15) is 0 Å². The summed E-state index contributed by atoms with van der Waals surface area (Å²) in [5.41, 5.74) is 1.95. The molecule has 3 rings (SSSR count). The number of nitrogens with zero attached hydrogens (tertiary/aromatic N) is 2. The number of aromatic nitrogens is 2. The van der Waals surface area contributed by atoms with E-state index in [0.717, 1.165) is 22.0 Å². The maximum atomic E-state index is 6.16. The van der Waals surface area contributed by atoms with Gasteiger partial charge in [-0.1, -0.05) is 35.3 Å². The molecule has 0 aliphatic heterocycles. The molecular weight excluding hydrogens is 293 g/mol. The lowest BCUT2D eigenvalue weighted by molar-refractivity contribution is 1.05. The highest BCUT2D eigenvalue weighted by molar-refractivity contribution is 6.33. The van der Waals surface area contributed by atoms with Crippen molar-refractivity contribution in [3.8, 4) is 0 Å². The molecule has 0 radical (unpaired) electrons. The molecule has 5 heteroatoms. The van der Waals surface area contributed by atoms with Gasteiger partial charge in [0.25, 0.3) is 0 Å².